The molecule has 4 fully saturated rings. The lowest BCUT2D eigenvalue weighted by atomic mass is 9.81. The molecule has 0 spiro atoms. The first-order chi connectivity index (χ1) is 18.1. The summed E-state index contributed by atoms with van der Waals surface area (Å²) in [6.45, 7) is 6.04. The normalized spacial score (nSPS) is 31.9. The van der Waals surface area contributed by atoms with Crippen LogP contribution in [0.15, 0.2) is 36.4 Å². The zero-order valence-corrected chi connectivity index (χ0v) is 24.5. The van der Waals surface area contributed by atoms with Gasteiger partial charge in [0.2, 0.25) is 17.7 Å². The lowest BCUT2D eigenvalue weighted by Crippen LogP contribution is -2.37. The van der Waals surface area contributed by atoms with Gasteiger partial charge in [0.05, 0.1) is 23.4 Å². The molecule has 0 N–H and O–H groups in total. The molecular weight excluding hydrogens is 616 g/mol. The maximum absolute atomic E-state index is 13.4. The van der Waals surface area contributed by atoms with Gasteiger partial charge in [-0.25, -0.2) is 4.90 Å². The van der Waals surface area contributed by atoms with Crippen molar-refractivity contribution in [2.45, 2.75) is 43.3 Å². The van der Waals surface area contributed by atoms with Crippen LogP contribution in [0.5, 0.6) is 5.75 Å². The molecule has 2 aromatic rings. The fraction of sp³-hybridized carbons (Fsp3) is 0.448. The summed E-state index contributed by atoms with van der Waals surface area (Å²) in [4.78, 5) is 55.9. The second-order valence-corrected chi connectivity index (χ2v) is 13.1. The van der Waals surface area contributed by atoms with Crippen LogP contribution in [0, 0.1) is 50.4 Å². The van der Waals surface area contributed by atoms with Gasteiger partial charge >= 0.3 is 5.97 Å². The average Bonchev–Trinajstić information content (AvgIpc) is 3.59. The van der Waals surface area contributed by atoms with Crippen molar-refractivity contribution >= 4 is 66.9 Å². The minimum absolute atomic E-state index is 0.0916. The van der Waals surface area contributed by atoms with Crippen molar-refractivity contribution < 1.29 is 23.9 Å². The number of rotatable bonds is 4. The molecule has 2 heterocycles. The molecular formula is C29H28Br2N2O5. The highest BCUT2D eigenvalue weighted by atomic mass is 79.9. The molecule has 2 aromatic carbocycles. The largest absolute Gasteiger partial charge is 0.426 e. The van der Waals surface area contributed by atoms with Gasteiger partial charge in [0.25, 0.3) is 0 Å². The maximum Gasteiger partial charge on any atom is 0.316 e. The van der Waals surface area contributed by atoms with E-state index in [4.69, 9.17) is 4.74 Å². The van der Waals surface area contributed by atoms with E-state index < -0.39 is 11.9 Å². The Morgan fingerprint density at radius 1 is 0.895 bits per heavy atom. The Labute approximate surface area is 238 Å². The Balaban J connectivity index is 1.17. The summed E-state index contributed by atoms with van der Waals surface area (Å²) in [5, 5.41) is 0. The molecule has 2 saturated carbocycles. The number of esters is 1. The first kappa shape index (κ1) is 25.7. The van der Waals surface area contributed by atoms with Crippen LogP contribution < -0.4 is 14.5 Å². The molecule has 6 rings (SSSR count). The van der Waals surface area contributed by atoms with Crippen LogP contribution in [0.1, 0.15) is 29.5 Å². The first-order valence-electron chi connectivity index (χ1n) is 12.9. The molecule has 198 valence electrons. The molecule has 9 heteroatoms. The van der Waals surface area contributed by atoms with E-state index in [0.717, 1.165) is 23.2 Å². The van der Waals surface area contributed by atoms with Crippen LogP contribution in [-0.2, 0) is 19.2 Å². The highest BCUT2D eigenvalue weighted by Gasteiger charge is 2.66. The number of hydrogen-bond donors (Lipinski definition) is 0. The highest BCUT2D eigenvalue weighted by Crippen LogP contribution is 2.60. The van der Waals surface area contributed by atoms with Crippen LogP contribution in [0.4, 0.5) is 11.4 Å². The number of carbonyl (C=O) groups excluding carboxylic acids is 4. The van der Waals surface area contributed by atoms with E-state index in [1.807, 2.05) is 32.0 Å². The Morgan fingerprint density at radius 2 is 1.55 bits per heavy atom. The zero-order valence-electron chi connectivity index (χ0n) is 21.3. The lowest BCUT2D eigenvalue weighted by Gasteiger charge is -2.28. The second-order valence-electron chi connectivity index (χ2n) is 11.0. The summed E-state index contributed by atoms with van der Waals surface area (Å²) < 4.78 is 5.67. The number of carbonyl (C=O) groups is 4. The second kappa shape index (κ2) is 9.30. The van der Waals surface area contributed by atoms with Crippen LogP contribution in [0.25, 0.3) is 0 Å². The number of amides is 3. The fourth-order valence-corrected chi connectivity index (χ4v) is 8.73. The number of imide groups is 1. The summed E-state index contributed by atoms with van der Waals surface area (Å²) in [5.74, 6) is -1.38. The van der Waals surface area contributed by atoms with E-state index in [-0.39, 0.29) is 64.0 Å². The summed E-state index contributed by atoms with van der Waals surface area (Å²) in [5.41, 5.74) is 4.13. The number of hydrogen-bond acceptors (Lipinski definition) is 5. The maximum atomic E-state index is 13.4. The average molecular weight is 644 g/mol. The van der Waals surface area contributed by atoms with Crippen molar-refractivity contribution in [2.24, 2.45) is 29.6 Å². The Morgan fingerprint density at radius 3 is 2.18 bits per heavy atom. The third-order valence-electron chi connectivity index (χ3n) is 8.94. The van der Waals surface area contributed by atoms with Crippen molar-refractivity contribution in [1.29, 1.82) is 0 Å². The van der Waals surface area contributed by atoms with Crippen LogP contribution in [0.2, 0.25) is 0 Å². The molecule has 2 aliphatic heterocycles. The molecule has 2 bridgehead atoms. The van der Waals surface area contributed by atoms with Crippen LogP contribution >= 0.6 is 31.9 Å². The standard InChI is InChI=1S/C29H28Br2N2O5/c1-13-5-4-6-21(15(13)3)32-12-16(10-22(32)34)29(37)38-17-7-8-20(14(2)9-17)33-27(35)23-18-11-19(24(23)28(33)36)26(31)25(18)30/h4-9,16,18-19,23-26H,10-12H2,1-3H3/t16-,18-,19-,23-,24-,25+,26+/m1/s1. The molecule has 7 nitrogen and oxygen atoms in total. The Hall–Kier alpha value is -2.52. The molecule has 0 unspecified atom stereocenters. The smallest absolute Gasteiger partial charge is 0.316 e. The third-order valence-corrected chi connectivity index (χ3v) is 12.1. The molecule has 2 aliphatic carbocycles. The third kappa shape index (κ3) is 3.79. The van der Waals surface area contributed by atoms with Gasteiger partial charge in [0.15, 0.2) is 0 Å². The van der Waals surface area contributed by atoms with Gasteiger partial charge in [0, 0.05) is 28.3 Å². The SMILES string of the molecule is Cc1cc(OC(=O)[C@@H]2CC(=O)N(c3cccc(C)c3C)C2)ccc1N1C(=O)[C@@H]2[C@H]3C[C@@H]([C@H](Br)[C@H]3Br)[C@H]2C1=O. The van der Waals surface area contributed by atoms with Gasteiger partial charge in [-0.1, -0.05) is 44.0 Å². The van der Waals surface area contributed by atoms with Crippen LogP contribution in [0.3, 0.4) is 0 Å². The summed E-state index contributed by atoms with van der Waals surface area (Å²) >= 11 is 7.44. The number of ether oxygens (including phenoxy) is 1. The number of halogens is 2. The summed E-state index contributed by atoms with van der Waals surface area (Å²) in [7, 11) is 0. The quantitative estimate of drug-likeness (QED) is 0.206. The first-order valence-corrected chi connectivity index (χ1v) is 14.8. The Bertz CT molecular complexity index is 1360. The number of alkyl halides is 2. The van der Waals surface area contributed by atoms with Crippen molar-refractivity contribution in [2.75, 3.05) is 16.3 Å². The summed E-state index contributed by atoms with van der Waals surface area (Å²) in [6, 6.07) is 10.8. The molecule has 7 atom stereocenters. The number of aryl methyl sites for hydroxylation is 2. The molecule has 3 amide bonds. The Kier molecular flexibility index (Phi) is 6.30. The predicted molar refractivity (Wildman–Crippen MR) is 150 cm³/mol. The zero-order chi connectivity index (χ0) is 27.0. The molecule has 38 heavy (non-hydrogen) atoms. The number of nitrogens with zero attached hydrogens (tertiary/aromatic N) is 2. The van der Waals surface area contributed by atoms with E-state index in [1.54, 1.807) is 30.0 Å². The topological polar surface area (TPSA) is 84.0 Å². The van der Waals surface area contributed by atoms with Gasteiger partial charge in [-0.15, -0.1) is 0 Å². The van der Waals surface area contributed by atoms with Gasteiger partial charge in [-0.2, -0.15) is 0 Å². The minimum Gasteiger partial charge on any atom is -0.426 e. The van der Waals surface area contributed by atoms with Crippen molar-refractivity contribution in [3.05, 3.63) is 53.1 Å². The molecule has 0 aromatic heterocycles. The monoisotopic (exact) mass is 642 g/mol. The molecule has 0 radical (unpaired) electrons. The van der Waals surface area contributed by atoms with Crippen molar-refractivity contribution in [3.63, 3.8) is 0 Å². The van der Waals surface area contributed by atoms with Gasteiger partial charge < -0.3 is 9.64 Å². The van der Waals surface area contributed by atoms with E-state index in [9.17, 15) is 19.2 Å². The van der Waals surface area contributed by atoms with Crippen molar-refractivity contribution in [1.82, 2.24) is 0 Å². The van der Waals surface area contributed by atoms with E-state index in [0.29, 0.717) is 17.0 Å². The summed E-state index contributed by atoms with van der Waals surface area (Å²) in [6.07, 6.45) is 0.971. The van der Waals surface area contributed by atoms with E-state index >= 15 is 0 Å². The minimum atomic E-state index is -0.576. The van der Waals surface area contributed by atoms with Crippen LogP contribution in [-0.4, -0.2) is 39.9 Å². The number of benzene rings is 2. The van der Waals surface area contributed by atoms with E-state index in [1.165, 1.54) is 4.90 Å². The van der Waals surface area contributed by atoms with E-state index in [2.05, 4.69) is 31.9 Å². The molecule has 2 saturated heterocycles. The fourth-order valence-electron chi connectivity index (χ4n) is 6.85. The van der Waals surface area contributed by atoms with Gasteiger partial charge in [-0.3, -0.25) is 19.2 Å². The van der Waals surface area contributed by atoms with Gasteiger partial charge in [-0.05, 0) is 80.0 Å². The highest BCUT2D eigenvalue weighted by molar-refractivity contribution is 9.12. The van der Waals surface area contributed by atoms with Gasteiger partial charge in [0.1, 0.15) is 5.75 Å². The lowest BCUT2D eigenvalue weighted by molar-refractivity contribution is -0.139. The van der Waals surface area contributed by atoms with Crippen molar-refractivity contribution in [3.8, 4) is 5.75 Å². The number of anilines is 2. The number of fused-ring (bicyclic) bond motifs is 5. The molecule has 4 aliphatic rings. The predicted octanol–water partition coefficient (Wildman–Crippen LogP) is 4.85.